The first-order valence-corrected chi connectivity index (χ1v) is 8.81. The van der Waals surface area contributed by atoms with Crippen molar-refractivity contribution < 1.29 is 19.1 Å². The van der Waals surface area contributed by atoms with E-state index in [1.807, 2.05) is 48.7 Å². The Labute approximate surface area is 153 Å². The van der Waals surface area contributed by atoms with E-state index in [1.54, 1.807) is 17.9 Å². The largest absolute Gasteiger partial charge is 0.449 e. The third-order valence-corrected chi connectivity index (χ3v) is 4.62. The van der Waals surface area contributed by atoms with Gasteiger partial charge in [0.25, 0.3) is 5.91 Å². The summed E-state index contributed by atoms with van der Waals surface area (Å²) in [6, 6.07) is 11.6. The second kappa shape index (κ2) is 7.74. The summed E-state index contributed by atoms with van der Waals surface area (Å²) < 4.78 is 12.7. The normalized spacial score (nSPS) is 15.6. The molecule has 0 radical (unpaired) electrons. The molecule has 26 heavy (non-hydrogen) atoms. The Kier molecular flexibility index (Phi) is 5.42. The van der Waals surface area contributed by atoms with E-state index < -0.39 is 12.1 Å². The summed E-state index contributed by atoms with van der Waals surface area (Å²) in [6.07, 6.45) is -0.819. The summed E-state index contributed by atoms with van der Waals surface area (Å²) >= 11 is 0. The van der Waals surface area contributed by atoms with Crippen molar-refractivity contribution in [2.75, 3.05) is 26.3 Å². The molecule has 1 saturated heterocycles. The number of aryl methyl sites for hydroxylation is 1. The number of esters is 1. The second-order valence-electron chi connectivity index (χ2n) is 6.44. The highest BCUT2D eigenvalue weighted by molar-refractivity contribution is 5.93. The van der Waals surface area contributed by atoms with Gasteiger partial charge in [-0.05, 0) is 39.0 Å². The van der Waals surface area contributed by atoms with E-state index in [-0.39, 0.29) is 5.91 Å². The summed E-state index contributed by atoms with van der Waals surface area (Å²) in [4.78, 5) is 26.7. The van der Waals surface area contributed by atoms with Crippen molar-refractivity contribution in [3.05, 3.63) is 53.3 Å². The molecule has 0 spiro atoms. The molecule has 1 aromatic carbocycles. The van der Waals surface area contributed by atoms with Gasteiger partial charge >= 0.3 is 5.97 Å². The summed E-state index contributed by atoms with van der Waals surface area (Å²) in [5, 5.41) is 0. The molecule has 1 atom stereocenters. The van der Waals surface area contributed by atoms with Crippen LogP contribution in [0.25, 0.3) is 5.69 Å². The minimum absolute atomic E-state index is 0.182. The Morgan fingerprint density at radius 1 is 1.12 bits per heavy atom. The highest BCUT2D eigenvalue weighted by Crippen LogP contribution is 2.22. The lowest BCUT2D eigenvalue weighted by atomic mass is 10.2. The standard InChI is InChI=1S/C20H24N2O4/c1-14-13-18(15(2)22(14)17-7-5-4-6-8-17)20(24)26-16(3)19(23)21-9-11-25-12-10-21/h4-8,13,16H,9-12H2,1-3H3/t16-/m1/s1. The van der Waals surface area contributed by atoms with Crippen LogP contribution in [0.5, 0.6) is 0 Å². The van der Waals surface area contributed by atoms with E-state index in [9.17, 15) is 9.59 Å². The molecule has 0 saturated carbocycles. The van der Waals surface area contributed by atoms with Crippen LogP contribution in [0.1, 0.15) is 28.7 Å². The molecule has 1 aliphatic heterocycles. The maximum Gasteiger partial charge on any atom is 0.340 e. The van der Waals surface area contributed by atoms with E-state index in [4.69, 9.17) is 9.47 Å². The van der Waals surface area contributed by atoms with E-state index in [0.717, 1.165) is 17.1 Å². The van der Waals surface area contributed by atoms with Gasteiger partial charge < -0.3 is 18.9 Å². The van der Waals surface area contributed by atoms with Gasteiger partial charge in [0.1, 0.15) is 0 Å². The van der Waals surface area contributed by atoms with E-state index in [2.05, 4.69) is 0 Å². The quantitative estimate of drug-likeness (QED) is 0.790. The molecule has 1 aromatic heterocycles. The lowest BCUT2D eigenvalue weighted by Crippen LogP contribution is -2.46. The highest BCUT2D eigenvalue weighted by Gasteiger charge is 2.27. The SMILES string of the molecule is Cc1cc(C(=O)O[C@H](C)C(=O)N2CCOCC2)c(C)n1-c1ccccc1. The summed E-state index contributed by atoms with van der Waals surface area (Å²) in [6.45, 7) is 7.54. The molecule has 6 heteroatoms. The zero-order valence-electron chi connectivity index (χ0n) is 15.4. The zero-order chi connectivity index (χ0) is 18.7. The van der Waals surface area contributed by atoms with Crippen LogP contribution in [0.3, 0.4) is 0 Å². The first kappa shape index (κ1) is 18.2. The number of nitrogens with zero attached hydrogens (tertiary/aromatic N) is 2. The number of hydrogen-bond donors (Lipinski definition) is 0. The molecule has 3 rings (SSSR count). The predicted octanol–water partition coefficient (Wildman–Crippen LogP) is 2.50. The van der Waals surface area contributed by atoms with Crippen molar-refractivity contribution in [2.45, 2.75) is 26.9 Å². The van der Waals surface area contributed by atoms with Gasteiger partial charge in [0, 0.05) is 30.2 Å². The predicted molar refractivity (Wildman–Crippen MR) is 97.5 cm³/mol. The Bertz CT molecular complexity index is 792. The van der Waals surface area contributed by atoms with Crippen molar-refractivity contribution in [2.24, 2.45) is 0 Å². The lowest BCUT2D eigenvalue weighted by molar-refractivity contribution is -0.143. The van der Waals surface area contributed by atoms with E-state index >= 15 is 0 Å². The van der Waals surface area contributed by atoms with Gasteiger partial charge in [0.2, 0.25) is 0 Å². The molecular formula is C20H24N2O4. The van der Waals surface area contributed by atoms with E-state index in [0.29, 0.717) is 31.9 Å². The highest BCUT2D eigenvalue weighted by atomic mass is 16.5. The monoisotopic (exact) mass is 356 g/mol. The number of carbonyl (C=O) groups excluding carboxylic acids is 2. The van der Waals surface area contributed by atoms with Crippen LogP contribution in [0.4, 0.5) is 0 Å². The van der Waals surface area contributed by atoms with Gasteiger partial charge in [-0.25, -0.2) is 4.79 Å². The first-order valence-electron chi connectivity index (χ1n) is 8.81. The molecule has 0 N–H and O–H groups in total. The fourth-order valence-electron chi connectivity index (χ4n) is 3.26. The fraction of sp³-hybridized carbons (Fsp3) is 0.400. The average Bonchev–Trinajstić information content (AvgIpc) is 2.96. The van der Waals surface area contributed by atoms with Crippen LogP contribution in [0.15, 0.2) is 36.4 Å². The molecule has 1 fully saturated rings. The minimum atomic E-state index is -0.819. The number of benzene rings is 1. The average molecular weight is 356 g/mol. The zero-order valence-corrected chi connectivity index (χ0v) is 15.4. The summed E-state index contributed by atoms with van der Waals surface area (Å²) in [5.74, 6) is -0.659. The smallest absolute Gasteiger partial charge is 0.340 e. The topological polar surface area (TPSA) is 60.8 Å². The number of aromatic nitrogens is 1. The number of rotatable bonds is 4. The molecule has 1 aliphatic rings. The number of morpholine rings is 1. The van der Waals surface area contributed by atoms with Crippen LogP contribution in [-0.2, 0) is 14.3 Å². The Morgan fingerprint density at radius 2 is 1.77 bits per heavy atom. The Morgan fingerprint density at radius 3 is 2.42 bits per heavy atom. The maximum atomic E-state index is 12.6. The van der Waals surface area contributed by atoms with Gasteiger partial charge in [-0.3, -0.25) is 4.79 Å². The third kappa shape index (κ3) is 3.65. The summed E-state index contributed by atoms with van der Waals surface area (Å²) in [7, 11) is 0. The van der Waals surface area contributed by atoms with Crippen molar-refractivity contribution in [1.82, 2.24) is 9.47 Å². The molecular weight excluding hydrogens is 332 g/mol. The molecule has 2 heterocycles. The van der Waals surface area contributed by atoms with Crippen molar-refractivity contribution in [3.8, 4) is 5.69 Å². The number of ether oxygens (including phenoxy) is 2. The molecule has 1 amide bonds. The van der Waals surface area contributed by atoms with Crippen LogP contribution in [-0.4, -0.2) is 53.8 Å². The van der Waals surface area contributed by atoms with Gasteiger partial charge in [-0.2, -0.15) is 0 Å². The van der Waals surface area contributed by atoms with Crippen molar-refractivity contribution in [3.63, 3.8) is 0 Å². The summed E-state index contributed by atoms with van der Waals surface area (Å²) in [5.41, 5.74) is 3.20. The molecule has 6 nitrogen and oxygen atoms in total. The second-order valence-corrected chi connectivity index (χ2v) is 6.44. The third-order valence-electron chi connectivity index (χ3n) is 4.62. The van der Waals surface area contributed by atoms with Crippen LogP contribution in [0, 0.1) is 13.8 Å². The van der Waals surface area contributed by atoms with Crippen LogP contribution in [0.2, 0.25) is 0 Å². The molecule has 0 bridgehead atoms. The minimum Gasteiger partial charge on any atom is -0.449 e. The number of para-hydroxylation sites is 1. The van der Waals surface area contributed by atoms with Gasteiger partial charge in [-0.1, -0.05) is 18.2 Å². The fourth-order valence-corrected chi connectivity index (χ4v) is 3.26. The number of hydrogen-bond acceptors (Lipinski definition) is 4. The lowest BCUT2D eigenvalue weighted by Gasteiger charge is -2.28. The first-order chi connectivity index (χ1) is 12.5. The molecule has 0 aliphatic carbocycles. The van der Waals surface area contributed by atoms with Crippen molar-refractivity contribution >= 4 is 11.9 Å². The van der Waals surface area contributed by atoms with Crippen LogP contribution >= 0.6 is 0 Å². The van der Waals surface area contributed by atoms with Gasteiger partial charge in [0.05, 0.1) is 18.8 Å². The van der Waals surface area contributed by atoms with Crippen LogP contribution < -0.4 is 0 Å². The van der Waals surface area contributed by atoms with E-state index in [1.165, 1.54) is 0 Å². The van der Waals surface area contributed by atoms with Gasteiger partial charge in [0.15, 0.2) is 6.10 Å². The van der Waals surface area contributed by atoms with Gasteiger partial charge in [-0.15, -0.1) is 0 Å². The molecule has 2 aromatic rings. The number of carbonyl (C=O) groups is 2. The van der Waals surface area contributed by atoms with Crippen molar-refractivity contribution in [1.29, 1.82) is 0 Å². The molecule has 138 valence electrons. The number of amides is 1. The molecule has 0 unspecified atom stereocenters. The Balaban J connectivity index is 1.75. The maximum absolute atomic E-state index is 12.6. The Hall–Kier alpha value is -2.60.